The molecule has 0 rings (SSSR count). The van der Waals surface area contributed by atoms with E-state index >= 15 is 0 Å². The van der Waals surface area contributed by atoms with Crippen molar-refractivity contribution >= 4 is 0 Å². The Kier molecular flexibility index (Phi) is 5.00. The molecular weight excluding hydrogens is 124 g/mol. The van der Waals surface area contributed by atoms with Crippen LogP contribution in [0.2, 0.25) is 0 Å². The molecule has 0 aliphatic rings. The van der Waals surface area contributed by atoms with E-state index < -0.39 is 0 Å². The molecule has 0 aliphatic heterocycles. The van der Waals surface area contributed by atoms with Crippen molar-refractivity contribution in [3.8, 4) is 0 Å². The predicted molar refractivity (Wildman–Crippen MR) is 43.9 cm³/mol. The normalized spacial score (nSPS) is 12.3. The maximum absolute atomic E-state index is 9.10. The number of aliphatic hydroxyl groups is 1. The monoisotopic (exact) mass is 140 g/mol. The van der Waals surface area contributed by atoms with E-state index in [1.165, 1.54) is 0 Å². The summed E-state index contributed by atoms with van der Waals surface area (Å²) in [6.45, 7) is 7.39. The Hall–Kier alpha value is -0.520. The summed E-state index contributed by atoms with van der Waals surface area (Å²) >= 11 is 0. The molecule has 0 aromatic heterocycles. The molecule has 0 spiro atoms. The lowest BCUT2D eigenvalue weighted by atomic mass is 10.1. The Morgan fingerprint density at radius 2 is 2.30 bits per heavy atom. The van der Waals surface area contributed by atoms with Crippen molar-refractivity contribution in [2.24, 2.45) is 0 Å². The molecule has 0 aromatic rings. The third-order valence-electron chi connectivity index (χ3n) is 1.53. The van der Waals surface area contributed by atoms with Gasteiger partial charge >= 0.3 is 0 Å². The topological polar surface area (TPSA) is 20.2 Å². The lowest BCUT2D eigenvalue weighted by Crippen LogP contribution is -2.02. The van der Waals surface area contributed by atoms with Gasteiger partial charge in [-0.05, 0) is 25.3 Å². The Bertz CT molecular complexity index is 130. The van der Waals surface area contributed by atoms with Crippen LogP contribution in [-0.2, 0) is 0 Å². The van der Waals surface area contributed by atoms with Crippen LogP contribution < -0.4 is 0 Å². The Balaban J connectivity index is 3.75. The minimum atomic E-state index is -0.371. The molecular formula is C9H16O. The summed E-state index contributed by atoms with van der Waals surface area (Å²) in [4.78, 5) is 0. The number of rotatable bonds is 4. The van der Waals surface area contributed by atoms with E-state index in [2.05, 4.69) is 19.2 Å². The van der Waals surface area contributed by atoms with Gasteiger partial charge in [0.05, 0.1) is 6.10 Å². The van der Waals surface area contributed by atoms with Gasteiger partial charge in [-0.1, -0.05) is 19.9 Å². The van der Waals surface area contributed by atoms with Gasteiger partial charge < -0.3 is 5.11 Å². The average molecular weight is 140 g/mol. The molecule has 0 saturated carbocycles. The second-order valence-corrected chi connectivity index (χ2v) is 2.48. The zero-order valence-corrected chi connectivity index (χ0v) is 6.85. The summed E-state index contributed by atoms with van der Waals surface area (Å²) in [5.74, 6) is 0. The molecule has 0 bridgehead atoms. The van der Waals surface area contributed by atoms with Gasteiger partial charge in [0.1, 0.15) is 0 Å². The molecule has 0 aromatic carbocycles. The van der Waals surface area contributed by atoms with Gasteiger partial charge in [-0.3, -0.25) is 0 Å². The average Bonchev–Trinajstić information content (AvgIpc) is 1.89. The van der Waals surface area contributed by atoms with Gasteiger partial charge in [-0.2, -0.15) is 0 Å². The predicted octanol–water partition coefficient (Wildman–Crippen LogP) is 2.27. The van der Waals surface area contributed by atoms with E-state index in [-0.39, 0.29) is 6.10 Å². The molecule has 1 nitrogen and oxygen atoms in total. The molecule has 0 fully saturated rings. The third-order valence-corrected chi connectivity index (χ3v) is 1.53. The van der Waals surface area contributed by atoms with Gasteiger partial charge in [-0.25, -0.2) is 0 Å². The first kappa shape index (κ1) is 9.48. The van der Waals surface area contributed by atoms with Crippen molar-refractivity contribution in [2.45, 2.75) is 39.2 Å². The van der Waals surface area contributed by atoms with E-state index in [0.717, 1.165) is 24.8 Å². The molecule has 0 radical (unpaired) electrons. The molecule has 0 saturated heterocycles. The van der Waals surface area contributed by atoms with Crippen LogP contribution in [0.25, 0.3) is 0 Å². The minimum Gasteiger partial charge on any atom is -0.388 e. The van der Waals surface area contributed by atoms with Gasteiger partial charge in [-0.15, -0.1) is 5.73 Å². The van der Waals surface area contributed by atoms with E-state index in [0.29, 0.717) is 0 Å². The van der Waals surface area contributed by atoms with Crippen LogP contribution in [0.5, 0.6) is 0 Å². The van der Waals surface area contributed by atoms with E-state index in [1.807, 2.05) is 0 Å². The van der Waals surface area contributed by atoms with Crippen LogP contribution in [0, 0.1) is 0 Å². The largest absolute Gasteiger partial charge is 0.388 e. The van der Waals surface area contributed by atoms with Gasteiger partial charge in [0.15, 0.2) is 0 Å². The molecule has 0 aliphatic carbocycles. The molecule has 1 unspecified atom stereocenters. The number of unbranched alkanes of at least 4 members (excludes halogenated alkanes) is 1. The molecule has 1 N–H and O–H groups in total. The zero-order valence-electron chi connectivity index (χ0n) is 6.85. The van der Waals surface area contributed by atoms with E-state index in [9.17, 15) is 0 Å². The standard InChI is InChI=1S/C9H16O/c1-4-6-7-9(5-2)8(3)10/h8,10H,2,4,6-7H2,1,3H3. The summed E-state index contributed by atoms with van der Waals surface area (Å²) < 4.78 is 0. The third kappa shape index (κ3) is 3.49. The number of hydrogen-bond acceptors (Lipinski definition) is 1. The lowest BCUT2D eigenvalue weighted by molar-refractivity contribution is 0.226. The Labute approximate surface area is 63.1 Å². The van der Waals surface area contributed by atoms with Crippen molar-refractivity contribution in [1.29, 1.82) is 0 Å². The van der Waals surface area contributed by atoms with Crippen molar-refractivity contribution in [2.75, 3.05) is 0 Å². The molecule has 0 amide bonds. The highest BCUT2D eigenvalue weighted by Crippen LogP contribution is 2.09. The summed E-state index contributed by atoms with van der Waals surface area (Å²) in [7, 11) is 0. The molecule has 1 heteroatoms. The van der Waals surface area contributed by atoms with E-state index in [4.69, 9.17) is 5.11 Å². The van der Waals surface area contributed by atoms with Crippen LogP contribution in [0.4, 0.5) is 0 Å². The summed E-state index contributed by atoms with van der Waals surface area (Å²) in [6.07, 6.45) is 2.82. The second kappa shape index (κ2) is 5.28. The van der Waals surface area contributed by atoms with Gasteiger partial charge in [0.2, 0.25) is 0 Å². The lowest BCUT2D eigenvalue weighted by Gasteiger charge is -2.05. The van der Waals surface area contributed by atoms with Crippen LogP contribution in [0.3, 0.4) is 0 Å². The van der Waals surface area contributed by atoms with Gasteiger partial charge in [0.25, 0.3) is 0 Å². The molecule has 1 atom stereocenters. The quantitative estimate of drug-likeness (QED) is 0.594. The summed E-state index contributed by atoms with van der Waals surface area (Å²) in [5, 5.41) is 9.10. The summed E-state index contributed by atoms with van der Waals surface area (Å²) in [5.41, 5.74) is 3.69. The zero-order chi connectivity index (χ0) is 7.98. The SMILES string of the molecule is C=C=C(CCCC)C(C)O. The smallest absolute Gasteiger partial charge is 0.0795 e. The first-order valence-corrected chi connectivity index (χ1v) is 3.79. The van der Waals surface area contributed by atoms with Crippen molar-refractivity contribution in [3.63, 3.8) is 0 Å². The van der Waals surface area contributed by atoms with Crippen LogP contribution in [0.15, 0.2) is 17.9 Å². The first-order valence-electron chi connectivity index (χ1n) is 3.79. The maximum atomic E-state index is 9.10. The Morgan fingerprint density at radius 1 is 1.70 bits per heavy atom. The van der Waals surface area contributed by atoms with Crippen LogP contribution in [-0.4, -0.2) is 11.2 Å². The molecule has 10 heavy (non-hydrogen) atoms. The van der Waals surface area contributed by atoms with Crippen molar-refractivity contribution in [1.82, 2.24) is 0 Å². The maximum Gasteiger partial charge on any atom is 0.0795 e. The van der Waals surface area contributed by atoms with Crippen LogP contribution in [0.1, 0.15) is 33.1 Å². The van der Waals surface area contributed by atoms with Crippen molar-refractivity contribution in [3.05, 3.63) is 17.9 Å². The van der Waals surface area contributed by atoms with Crippen LogP contribution >= 0.6 is 0 Å². The molecule has 58 valence electrons. The van der Waals surface area contributed by atoms with Crippen molar-refractivity contribution < 1.29 is 5.11 Å². The second-order valence-electron chi connectivity index (χ2n) is 2.48. The summed E-state index contributed by atoms with van der Waals surface area (Å²) in [6, 6.07) is 0. The fraction of sp³-hybridized carbons (Fsp3) is 0.667. The molecule has 0 heterocycles. The highest BCUT2D eigenvalue weighted by Gasteiger charge is 2.01. The minimum absolute atomic E-state index is 0.371. The number of aliphatic hydroxyl groups excluding tert-OH is 1. The van der Waals surface area contributed by atoms with Gasteiger partial charge in [0, 0.05) is 0 Å². The Morgan fingerprint density at radius 3 is 2.60 bits per heavy atom. The fourth-order valence-electron chi connectivity index (χ4n) is 0.812. The fourth-order valence-corrected chi connectivity index (χ4v) is 0.812. The van der Waals surface area contributed by atoms with E-state index in [1.54, 1.807) is 6.92 Å². The highest BCUT2D eigenvalue weighted by molar-refractivity contribution is 5.03. The first-order chi connectivity index (χ1) is 4.72. The highest BCUT2D eigenvalue weighted by atomic mass is 16.3. The number of hydrogen-bond donors (Lipinski definition) is 1.